The number of nitrogens with zero attached hydrogens (tertiary/aromatic N) is 1. The van der Waals surface area contributed by atoms with Gasteiger partial charge in [-0.2, -0.15) is 0 Å². The largest absolute Gasteiger partial charge is 0.497 e. The number of benzene rings is 2. The fraction of sp³-hybridized carbons (Fsp3) is 0.435. The van der Waals surface area contributed by atoms with Crippen LogP contribution in [0, 0.1) is 0 Å². The molecule has 7 heteroatoms. The molecule has 2 aromatic rings. The molecule has 0 bridgehead atoms. The Morgan fingerprint density at radius 1 is 1.00 bits per heavy atom. The molecule has 0 unspecified atom stereocenters. The van der Waals surface area contributed by atoms with E-state index in [1.54, 1.807) is 48.4 Å². The standard InChI is InChI=1S/C23H30N2O4S/c1-23(2,3)18-7-11-21(12-8-18)30(27,28)24-19-13-15-25(16-14-19)22(26)17-5-9-20(29-4)10-6-17/h5-12,19,24H,13-16H2,1-4H3. The van der Waals surface area contributed by atoms with Gasteiger partial charge in [-0.05, 0) is 60.2 Å². The Hall–Kier alpha value is -2.38. The fourth-order valence-corrected chi connectivity index (χ4v) is 4.84. The molecular weight excluding hydrogens is 400 g/mol. The van der Waals surface area contributed by atoms with E-state index in [1.807, 2.05) is 12.1 Å². The molecule has 0 saturated carbocycles. The van der Waals surface area contributed by atoms with Crippen LogP contribution in [0.25, 0.3) is 0 Å². The maximum absolute atomic E-state index is 12.8. The third-order valence-electron chi connectivity index (χ3n) is 5.47. The normalized spacial score (nSPS) is 15.8. The van der Waals surface area contributed by atoms with Gasteiger partial charge in [-0.1, -0.05) is 32.9 Å². The van der Waals surface area contributed by atoms with Gasteiger partial charge < -0.3 is 9.64 Å². The molecule has 30 heavy (non-hydrogen) atoms. The number of carbonyl (C=O) groups is 1. The minimum absolute atomic E-state index is 0.0288. The van der Waals surface area contributed by atoms with Crippen molar-refractivity contribution < 1.29 is 17.9 Å². The maximum Gasteiger partial charge on any atom is 0.253 e. The fourth-order valence-electron chi connectivity index (χ4n) is 3.54. The molecule has 1 heterocycles. The van der Waals surface area contributed by atoms with Crippen LogP contribution in [0.4, 0.5) is 0 Å². The number of hydrogen-bond acceptors (Lipinski definition) is 4. The second-order valence-electron chi connectivity index (χ2n) is 8.69. The topological polar surface area (TPSA) is 75.7 Å². The zero-order valence-electron chi connectivity index (χ0n) is 18.0. The lowest BCUT2D eigenvalue weighted by molar-refractivity contribution is 0.0711. The Bertz CT molecular complexity index is 969. The summed E-state index contributed by atoms with van der Waals surface area (Å²) in [5.74, 6) is 0.659. The first-order valence-corrected chi connectivity index (χ1v) is 11.6. The predicted molar refractivity (Wildman–Crippen MR) is 117 cm³/mol. The van der Waals surface area contributed by atoms with Crippen molar-refractivity contribution in [3.8, 4) is 5.75 Å². The van der Waals surface area contributed by atoms with Gasteiger partial charge in [0.05, 0.1) is 12.0 Å². The number of nitrogens with one attached hydrogen (secondary N) is 1. The van der Waals surface area contributed by atoms with Crippen LogP contribution in [0.1, 0.15) is 49.5 Å². The number of ether oxygens (including phenoxy) is 1. The van der Waals surface area contributed by atoms with Gasteiger partial charge >= 0.3 is 0 Å². The van der Waals surface area contributed by atoms with E-state index in [0.717, 1.165) is 5.56 Å². The van der Waals surface area contributed by atoms with Gasteiger partial charge in [0.2, 0.25) is 10.0 Å². The second kappa shape index (κ2) is 8.78. The van der Waals surface area contributed by atoms with E-state index in [9.17, 15) is 13.2 Å². The molecule has 1 aliphatic heterocycles. The Morgan fingerprint density at radius 2 is 1.57 bits per heavy atom. The van der Waals surface area contributed by atoms with Crippen LogP contribution in [0.15, 0.2) is 53.4 Å². The molecule has 1 amide bonds. The Morgan fingerprint density at radius 3 is 2.07 bits per heavy atom. The number of carbonyl (C=O) groups excluding carboxylic acids is 1. The summed E-state index contributed by atoms with van der Waals surface area (Å²) in [5.41, 5.74) is 1.67. The summed E-state index contributed by atoms with van der Waals surface area (Å²) in [6.07, 6.45) is 1.17. The van der Waals surface area contributed by atoms with Gasteiger partial charge in [0.25, 0.3) is 5.91 Å². The SMILES string of the molecule is COc1ccc(C(=O)N2CCC(NS(=O)(=O)c3ccc(C(C)(C)C)cc3)CC2)cc1. The molecule has 0 aliphatic carbocycles. The summed E-state index contributed by atoms with van der Waals surface area (Å²) in [5, 5.41) is 0. The number of amides is 1. The van der Waals surface area contributed by atoms with Crippen LogP contribution in [0.3, 0.4) is 0 Å². The van der Waals surface area contributed by atoms with E-state index in [-0.39, 0.29) is 22.3 Å². The highest BCUT2D eigenvalue weighted by Crippen LogP contribution is 2.24. The van der Waals surface area contributed by atoms with E-state index in [2.05, 4.69) is 25.5 Å². The highest BCUT2D eigenvalue weighted by atomic mass is 32.2. The number of piperidine rings is 1. The zero-order chi connectivity index (χ0) is 21.9. The molecule has 162 valence electrons. The van der Waals surface area contributed by atoms with Gasteiger partial charge in [-0.25, -0.2) is 13.1 Å². The monoisotopic (exact) mass is 430 g/mol. The smallest absolute Gasteiger partial charge is 0.253 e. The van der Waals surface area contributed by atoms with Crippen molar-refractivity contribution in [1.82, 2.24) is 9.62 Å². The van der Waals surface area contributed by atoms with Gasteiger partial charge in [-0.3, -0.25) is 4.79 Å². The van der Waals surface area contributed by atoms with Crippen molar-refractivity contribution in [2.75, 3.05) is 20.2 Å². The second-order valence-corrected chi connectivity index (χ2v) is 10.4. The molecule has 1 aliphatic rings. The summed E-state index contributed by atoms with van der Waals surface area (Å²) in [4.78, 5) is 14.7. The summed E-state index contributed by atoms with van der Waals surface area (Å²) >= 11 is 0. The van der Waals surface area contributed by atoms with Gasteiger partial charge in [0.1, 0.15) is 5.75 Å². The molecule has 0 spiro atoms. The van der Waals surface area contributed by atoms with E-state index in [4.69, 9.17) is 4.74 Å². The highest BCUT2D eigenvalue weighted by molar-refractivity contribution is 7.89. The lowest BCUT2D eigenvalue weighted by Gasteiger charge is -2.32. The Labute approximate surface area is 179 Å². The molecule has 1 fully saturated rings. The number of rotatable bonds is 5. The van der Waals surface area contributed by atoms with Crippen LogP contribution in [0.2, 0.25) is 0 Å². The van der Waals surface area contributed by atoms with E-state index in [1.165, 1.54) is 0 Å². The lowest BCUT2D eigenvalue weighted by atomic mass is 9.87. The average molecular weight is 431 g/mol. The maximum atomic E-state index is 12.8. The predicted octanol–water partition coefficient (Wildman–Crippen LogP) is 3.58. The highest BCUT2D eigenvalue weighted by Gasteiger charge is 2.27. The first kappa shape index (κ1) is 22.3. The van der Waals surface area contributed by atoms with Crippen molar-refractivity contribution in [3.63, 3.8) is 0 Å². The van der Waals surface area contributed by atoms with Crippen LogP contribution >= 0.6 is 0 Å². The first-order chi connectivity index (χ1) is 14.1. The summed E-state index contributed by atoms with van der Waals surface area (Å²) in [7, 11) is -2.00. The summed E-state index contributed by atoms with van der Waals surface area (Å²) in [6, 6.07) is 13.9. The molecule has 1 N–H and O–H groups in total. The number of methoxy groups -OCH3 is 1. The van der Waals surface area contributed by atoms with Crippen LogP contribution in [0.5, 0.6) is 5.75 Å². The van der Waals surface area contributed by atoms with Crippen molar-refractivity contribution in [2.24, 2.45) is 0 Å². The van der Waals surface area contributed by atoms with Gasteiger partial charge in [0, 0.05) is 24.7 Å². The molecule has 2 aromatic carbocycles. The lowest BCUT2D eigenvalue weighted by Crippen LogP contribution is -2.46. The average Bonchev–Trinajstić information content (AvgIpc) is 2.73. The van der Waals surface area contributed by atoms with Crippen molar-refractivity contribution in [1.29, 1.82) is 0 Å². The van der Waals surface area contributed by atoms with Gasteiger partial charge in [-0.15, -0.1) is 0 Å². The number of hydrogen-bond donors (Lipinski definition) is 1. The van der Waals surface area contributed by atoms with E-state index < -0.39 is 10.0 Å². The Kier molecular flexibility index (Phi) is 6.53. The Balaban J connectivity index is 1.58. The molecular formula is C23H30N2O4S. The van der Waals surface area contributed by atoms with Crippen molar-refractivity contribution >= 4 is 15.9 Å². The minimum atomic E-state index is -3.59. The summed E-state index contributed by atoms with van der Waals surface area (Å²) < 4.78 is 33.4. The first-order valence-electron chi connectivity index (χ1n) is 10.2. The molecule has 0 radical (unpaired) electrons. The van der Waals surface area contributed by atoms with Gasteiger partial charge in [0.15, 0.2) is 0 Å². The van der Waals surface area contributed by atoms with Crippen molar-refractivity contribution in [3.05, 3.63) is 59.7 Å². The van der Waals surface area contributed by atoms with Crippen molar-refractivity contribution in [2.45, 2.75) is 50.0 Å². The van der Waals surface area contributed by atoms with Crippen LogP contribution in [-0.4, -0.2) is 45.5 Å². The number of sulfonamides is 1. The van der Waals surface area contributed by atoms with E-state index in [0.29, 0.717) is 37.2 Å². The third kappa shape index (κ3) is 5.21. The molecule has 6 nitrogen and oxygen atoms in total. The molecule has 1 saturated heterocycles. The third-order valence-corrected chi connectivity index (χ3v) is 7.01. The summed E-state index contributed by atoms with van der Waals surface area (Å²) in [6.45, 7) is 7.31. The van der Waals surface area contributed by atoms with Crippen LogP contribution < -0.4 is 9.46 Å². The minimum Gasteiger partial charge on any atom is -0.497 e. The number of likely N-dealkylation sites (tertiary alicyclic amines) is 1. The quantitative estimate of drug-likeness (QED) is 0.787. The molecule has 3 rings (SSSR count). The molecule has 0 atom stereocenters. The zero-order valence-corrected chi connectivity index (χ0v) is 18.8. The molecule has 0 aromatic heterocycles. The van der Waals surface area contributed by atoms with E-state index >= 15 is 0 Å². The van der Waals surface area contributed by atoms with Crippen LogP contribution in [-0.2, 0) is 15.4 Å².